The molecular formula is C12H22N2O3. The quantitative estimate of drug-likeness (QED) is 0.637. The lowest BCUT2D eigenvalue weighted by Crippen LogP contribution is -2.39. The Balaban J connectivity index is 2.28. The van der Waals surface area contributed by atoms with Crippen LogP contribution in [0.25, 0.3) is 0 Å². The normalized spacial score (nSPS) is 24.3. The Bertz CT molecular complexity index is 268. The van der Waals surface area contributed by atoms with Crippen LogP contribution in [0.1, 0.15) is 32.6 Å². The largest absolute Gasteiger partial charge is 0.481 e. The van der Waals surface area contributed by atoms with Crippen LogP contribution < -0.4 is 10.6 Å². The summed E-state index contributed by atoms with van der Waals surface area (Å²) in [5.41, 5.74) is 0. The number of aliphatic carboxylic acids is 1. The lowest BCUT2D eigenvalue weighted by Gasteiger charge is -2.28. The van der Waals surface area contributed by atoms with Gasteiger partial charge in [0.2, 0.25) is 5.91 Å². The molecule has 3 N–H and O–H groups in total. The van der Waals surface area contributed by atoms with Gasteiger partial charge in [0.1, 0.15) is 0 Å². The van der Waals surface area contributed by atoms with Crippen LogP contribution in [-0.2, 0) is 9.59 Å². The first kappa shape index (κ1) is 14.0. The van der Waals surface area contributed by atoms with Gasteiger partial charge in [-0.2, -0.15) is 0 Å². The summed E-state index contributed by atoms with van der Waals surface area (Å²) in [6.07, 6.45) is 3.81. The minimum absolute atomic E-state index is 0.0322. The molecule has 1 rings (SSSR count). The van der Waals surface area contributed by atoms with E-state index in [1.807, 2.05) is 6.92 Å². The van der Waals surface area contributed by atoms with Gasteiger partial charge >= 0.3 is 5.97 Å². The van der Waals surface area contributed by atoms with Gasteiger partial charge in [0.25, 0.3) is 0 Å². The summed E-state index contributed by atoms with van der Waals surface area (Å²) in [4.78, 5) is 22.3. The second-order valence-electron chi connectivity index (χ2n) is 4.57. The predicted molar refractivity (Wildman–Crippen MR) is 64.6 cm³/mol. The highest BCUT2D eigenvalue weighted by Gasteiger charge is 2.30. The van der Waals surface area contributed by atoms with Crippen molar-refractivity contribution in [2.45, 2.75) is 32.6 Å². The number of carbonyl (C=O) groups is 2. The summed E-state index contributed by atoms with van der Waals surface area (Å²) in [5.74, 6) is -0.814. The summed E-state index contributed by atoms with van der Waals surface area (Å²) >= 11 is 0. The van der Waals surface area contributed by atoms with Crippen molar-refractivity contribution in [2.24, 2.45) is 11.8 Å². The molecule has 0 heterocycles. The third-order valence-corrected chi connectivity index (χ3v) is 3.29. The van der Waals surface area contributed by atoms with E-state index in [2.05, 4.69) is 10.6 Å². The SMILES string of the molecule is CCNC(=O)CNCC1CCCCC1C(=O)O. The van der Waals surface area contributed by atoms with Crippen LogP contribution >= 0.6 is 0 Å². The molecule has 0 aromatic rings. The fraction of sp³-hybridized carbons (Fsp3) is 0.833. The summed E-state index contributed by atoms with van der Waals surface area (Å²) in [7, 11) is 0. The molecule has 1 aliphatic rings. The van der Waals surface area contributed by atoms with Crippen LogP contribution in [0.15, 0.2) is 0 Å². The first-order chi connectivity index (χ1) is 8.15. The van der Waals surface area contributed by atoms with E-state index < -0.39 is 5.97 Å². The summed E-state index contributed by atoms with van der Waals surface area (Å²) in [6.45, 7) is 3.39. The minimum Gasteiger partial charge on any atom is -0.481 e. The molecule has 0 saturated heterocycles. The van der Waals surface area contributed by atoms with E-state index in [-0.39, 0.29) is 24.3 Å². The van der Waals surface area contributed by atoms with Gasteiger partial charge in [-0.15, -0.1) is 0 Å². The maximum Gasteiger partial charge on any atom is 0.306 e. The molecule has 1 amide bonds. The van der Waals surface area contributed by atoms with Crippen molar-refractivity contribution in [3.05, 3.63) is 0 Å². The van der Waals surface area contributed by atoms with Crippen LogP contribution in [0.2, 0.25) is 0 Å². The smallest absolute Gasteiger partial charge is 0.306 e. The van der Waals surface area contributed by atoms with Crippen LogP contribution in [-0.4, -0.2) is 36.6 Å². The van der Waals surface area contributed by atoms with Gasteiger partial charge in [0.05, 0.1) is 12.5 Å². The molecule has 2 unspecified atom stereocenters. The number of hydrogen-bond donors (Lipinski definition) is 3. The Hall–Kier alpha value is -1.10. The van der Waals surface area contributed by atoms with Crippen molar-refractivity contribution >= 4 is 11.9 Å². The molecule has 0 aromatic carbocycles. The summed E-state index contributed by atoms with van der Waals surface area (Å²) in [6, 6.07) is 0. The molecule has 1 saturated carbocycles. The van der Waals surface area contributed by atoms with E-state index in [1.165, 1.54) is 0 Å². The van der Waals surface area contributed by atoms with Gasteiger partial charge in [-0.25, -0.2) is 0 Å². The molecule has 98 valence electrons. The molecule has 0 radical (unpaired) electrons. The highest BCUT2D eigenvalue weighted by atomic mass is 16.4. The van der Waals surface area contributed by atoms with Gasteiger partial charge < -0.3 is 15.7 Å². The monoisotopic (exact) mass is 242 g/mol. The fourth-order valence-corrected chi connectivity index (χ4v) is 2.41. The van der Waals surface area contributed by atoms with Crippen molar-refractivity contribution in [3.63, 3.8) is 0 Å². The maximum atomic E-state index is 11.2. The second-order valence-corrected chi connectivity index (χ2v) is 4.57. The van der Waals surface area contributed by atoms with Crippen molar-refractivity contribution in [2.75, 3.05) is 19.6 Å². The molecule has 2 atom stereocenters. The number of nitrogens with one attached hydrogen (secondary N) is 2. The average molecular weight is 242 g/mol. The highest BCUT2D eigenvalue weighted by molar-refractivity contribution is 5.77. The van der Waals surface area contributed by atoms with E-state index in [4.69, 9.17) is 5.11 Å². The number of hydrogen-bond acceptors (Lipinski definition) is 3. The number of carboxylic acids is 1. The van der Waals surface area contributed by atoms with E-state index in [0.29, 0.717) is 13.1 Å². The van der Waals surface area contributed by atoms with Crippen LogP contribution in [0, 0.1) is 11.8 Å². The first-order valence-corrected chi connectivity index (χ1v) is 6.35. The molecule has 0 aromatic heterocycles. The van der Waals surface area contributed by atoms with Gasteiger partial charge in [-0.1, -0.05) is 12.8 Å². The number of carbonyl (C=O) groups excluding carboxylic acids is 1. The van der Waals surface area contributed by atoms with Crippen molar-refractivity contribution in [1.29, 1.82) is 0 Å². The van der Waals surface area contributed by atoms with E-state index in [9.17, 15) is 9.59 Å². The van der Waals surface area contributed by atoms with Crippen molar-refractivity contribution in [1.82, 2.24) is 10.6 Å². The molecule has 0 spiro atoms. The third kappa shape index (κ3) is 4.73. The Morgan fingerprint density at radius 1 is 1.29 bits per heavy atom. The maximum absolute atomic E-state index is 11.2. The molecule has 0 aliphatic heterocycles. The minimum atomic E-state index is -0.700. The van der Waals surface area contributed by atoms with E-state index in [1.54, 1.807) is 0 Å². The number of carboxylic acid groups (broad SMARTS) is 1. The van der Waals surface area contributed by atoms with Crippen molar-refractivity contribution < 1.29 is 14.7 Å². The molecule has 1 fully saturated rings. The second kappa shape index (κ2) is 7.27. The van der Waals surface area contributed by atoms with E-state index >= 15 is 0 Å². The van der Waals surface area contributed by atoms with Gasteiger partial charge in [-0.05, 0) is 32.2 Å². The Morgan fingerprint density at radius 2 is 2.00 bits per heavy atom. The molecule has 5 heteroatoms. The Labute approximate surface area is 102 Å². The first-order valence-electron chi connectivity index (χ1n) is 6.35. The van der Waals surface area contributed by atoms with Gasteiger partial charge in [-0.3, -0.25) is 9.59 Å². The highest BCUT2D eigenvalue weighted by Crippen LogP contribution is 2.29. The topological polar surface area (TPSA) is 78.4 Å². The number of amides is 1. The summed E-state index contributed by atoms with van der Waals surface area (Å²) < 4.78 is 0. The third-order valence-electron chi connectivity index (χ3n) is 3.29. The molecule has 17 heavy (non-hydrogen) atoms. The standard InChI is InChI=1S/C12H22N2O3/c1-2-14-11(15)8-13-7-9-5-3-4-6-10(9)12(16)17/h9-10,13H,2-8H2,1H3,(H,14,15)(H,16,17). The number of rotatable bonds is 6. The molecule has 0 bridgehead atoms. The zero-order valence-corrected chi connectivity index (χ0v) is 10.4. The predicted octanol–water partition coefficient (Wildman–Crippen LogP) is 0.603. The molecular weight excluding hydrogens is 220 g/mol. The van der Waals surface area contributed by atoms with Crippen LogP contribution in [0.3, 0.4) is 0 Å². The van der Waals surface area contributed by atoms with Crippen LogP contribution in [0.4, 0.5) is 0 Å². The average Bonchev–Trinajstić information content (AvgIpc) is 2.30. The van der Waals surface area contributed by atoms with Gasteiger partial charge in [0, 0.05) is 6.54 Å². The Morgan fingerprint density at radius 3 is 2.65 bits per heavy atom. The van der Waals surface area contributed by atoms with E-state index in [0.717, 1.165) is 25.7 Å². The Kier molecular flexibility index (Phi) is 5.97. The van der Waals surface area contributed by atoms with Gasteiger partial charge in [0.15, 0.2) is 0 Å². The zero-order chi connectivity index (χ0) is 12.7. The van der Waals surface area contributed by atoms with Crippen LogP contribution in [0.5, 0.6) is 0 Å². The van der Waals surface area contributed by atoms with Crippen molar-refractivity contribution in [3.8, 4) is 0 Å². The fourth-order valence-electron chi connectivity index (χ4n) is 2.41. The lowest BCUT2D eigenvalue weighted by molar-refractivity contribution is -0.144. The molecule has 1 aliphatic carbocycles. The lowest BCUT2D eigenvalue weighted by atomic mass is 9.79. The summed E-state index contributed by atoms with van der Waals surface area (Å²) in [5, 5.41) is 14.8. The zero-order valence-electron chi connectivity index (χ0n) is 10.4. The number of likely N-dealkylation sites (N-methyl/N-ethyl adjacent to an activating group) is 1. The molecule has 5 nitrogen and oxygen atoms in total.